The Morgan fingerprint density at radius 1 is 1.61 bits per heavy atom. The van der Waals surface area contributed by atoms with Gasteiger partial charge in [-0.3, -0.25) is 0 Å². The van der Waals surface area contributed by atoms with Gasteiger partial charge in [-0.15, -0.1) is 0 Å². The summed E-state index contributed by atoms with van der Waals surface area (Å²) in [6.45, 7) is 3.35. The molecular formula is C11H14N4O2S. The van der Waals surface area contributed by atoms with Crippen LogP contribution in [0.1, 0.15) is 12.6 Å². The summed E-state index contributed by atoms with van der Waals surface area (Å²) in [6, 6.07) is 4.88. The van der Waals surface area contributed by atoms with E-state index in [4.69, 9.17) is 5.26 Å². The number of nitrogens with one attached hydrogen (secondary N) is 1. The lowest BCUT2D eigenvalue weighted by molar-refractivity contribution is 0.310. The number of rotatable bonds is 2. The van der Waals surface area contributed by atoms with Crippen LogP contribution in [0.2, 0.25) is 0 Å². The monoisotopic (exact) mass is 266 g/mol. The summed E-state index contributed by atoms with van der Waals surface area (Å²) in [5, 5.41) is 12.1. The number of hydrogen-bond donors (Lipinski definition) is 1. The van der Waals surface area contributed by atoms with E-state index in [9.17, 15) is 8.42 Å². The van der Waals surface area contributed by atoms with Gasteiger partial charge in [0.2, 0.25) is 10.0 Å². The van der Waals surface area contributed by atoms with Crippen LogP contribution in [0.5, 0.6) is 0 Å². The van der Waals surface area contributed by atoms with E-state index in [1.54, 1.807) is 0 Å². The van der Waals surface area contributed by atoms with Crippen molar-refractivity contribution >= 4 is 10.0 Å². The Morgan fingerprint density at radius 3 is 3.06 bits per heavy atom. The first-order valence-electron chi connectivity index (χ1n) is 5.64. The third kappa shape index (κ3) is 2.36. The van der Waals surface area contributed by atoms with Gasteiger partial charge in [0.15, 0.2) is 5.69 Å². The van der Waals surface area contributed by atoms with Crippen LogP contribution >= 0.6 is 0 Å². The van der Waals surface area contributed by atoms with Crippen LogP contribution in [0.3, 0.4) is 0 Å². The number of nitrogens with zero attached hydrogens (tertiary/aromatic N) is 3. The first kappa shape index (κ1) is 13.0. The second kappa shape index (κ2) is 5.02. The first-order chi connectivity index (χ1) is 8.55. The molecule has 0 spiro atoms. The SMILES string of the molecule is C[C@H]1CN(S(=O)(=O)c2cccnc2C#N)CCN1. The zero-order valence-corrected chi connectivity index (χ0v) is 10.8. The predicted molar refractivity (Wildman–Crippen MR) is 65.2 cm³/mol. The average Bonchev–Trinajstić information content (AvgIpc) is 2.38. The highest BCUT2D eigenvalue weighted by Crippen LogP contribution is 2.19. The van der Waals surface area contributed by atoms with Crippen molar-refractivity contribution in [2.45, 2.75) is 17.9 Å². The lowest BCUT2D eigenvalue weighted by atomic mass is 10.3. The molecule has 2 heterocycles. The summed E-state index contributed by atoms with van der Waals surface area (Å²) in [7, 11) is -3.63. The van der Waals surface area contributed by atoms with Crippen LogP contribution in [0.4, 0.5) is 0 Å². The third-order valence-electron chi connectivity index (χ3n) is 2.83. The minimum Gasteiger partial charge on any atom is -0.312 e. The summed E-state index contributed by atoms with van der Waals surface area (Å²) in [4.78, 5) is 3.78. The highest BCUT2D eigenvalue weighted by atomic mass is 32.2. The summed E-state index contributed by atoms with van der Waals surface area (Å²) in [5.74, 6) is 0. The molecule has 1 atom stereocenters. The molecule has 1 saturated heterocycles. The van der Waals surface area contributed by atoms with E-state index in [0.717, 1.165) is 0 Å². The number of nitriles is 1. The summed E-state index contributed by atoms with van der Waals surface area (Å²) >= 11 is 0. The fourth-order valence-electron chi connectivity index (χ4n) is 1.94. The fourth-order valence-corrected chi connectivity index (χ4v) is 3.56. The largest absolute Gasteiger partial charge is 0.312 e. The summed E-state index contributed by atoms with van der Waals surface area (Å²) in [5.41, 5.74) is -0.0521. The lowest BCUT2D eigenvalue weighted by Crippen LogP contribution is -2.51. The van der Waals surface area contributed by atoms with Crippen LogP contribution in [0.15, 0.2) is 23.2 Å². The molecule has 18 heavy (non-hydrogen) atoms. The molecule has 7 heteroatoms. The number of piperazine rings is 1. The van der Waals surface area contributed by atoms with Gasteiger partial charge >= 0.3 is 0 Å². The summed E-state index contributed by atoms with van der Waals surface area (Å²) < 4.78 is 26.2. The van der Waals surface area contributed by atoms with Gasteiger partial charge in [-0.1, -0.05) is 0 Å². The van der Waals surface area contributed by atoms with Gasteiger partial charge in [-0.25, -0.2) is 13.4 Å². The zero-order valence-electron chi connectivity index (χ0n) is 10.00. The molecule has 0 bridgehead atoms. The van der Waals surface area contributed by atoms with Gasteiger partial charge in [0, 0.05) is 31.9 Å². The van der Waals surface area contributed by atoms with Crippen molar-refractivity contribution in [2.75, 3.05) is 19.6 Å². The number of sulfonamides is 1. The molecule has 2 rings (SSSR count). The number of pyridine rings is 1. The van der Waals surface area contributed by atoms with Gasteiger partial charge in [0.25, 0.3) is 0 Å². The molecule has 0 saturated carbocycles. The molecule has 1 fully saturated rings. The van der Waals surface area contributed by atoms with Crippen LogP contribution in [-0.2, 0) is 10.0 Å². The van der Waals surface area contributed by atoms with E-state index >= 15 is 0 Å². The first-order valence-corrected chi connectivity index (χ1v) is 7.08. The molecule has 1 aromatic heterocycles. The van der Waals surface area contributed by atoms with E-state index in [-0.39, 0.29) is 16.6 Å². The van der Waals surface area contributed by atoms with Crippen molar-refractivity contribution in [2.24, 2.45) is 0 Å². The maximum atomic E-state index is 12.4. The lowest BCUT2D eigenvalue weighted by Gasteiger charge is -2.31. The molecule has 1 aliphatic heterocycles. The standard InChI is InChI=1S/C11H14N4O2S/c1-9-8-15(6-5-13-9)18(16,17)11-3-2-4-14-10(11)7-12/h2-4,9,13H,5-6,8H2,1H3/t9-/m0/s1. The van der Waals surface area contributed by atoms with Crippen LogP contribution in [0, 0.1) is 11.3 Å². The van der Waals surface area contributed by atoms with Crippen molar-refractivity contribution in [1.82, 2.24) is 14.6 Å². The van der Waals surface area contributed by atoms with Crippen LogP contribution in [-0.4, -0.2) is 43.4 Å². The van der Waals surface area contributed by atoms with Gasteiger partial charge in [-0.05, 0) is 19.1 Å². The molecule has 6 nitrogen and oxygen atoms in total. The highest BCUT2D eigenvalue weighted by molar-refractivity contribution is 7.89. The van der Waals surface area contributed by atoms with Crippen molar-refractivity contribution < 1.29 is 8.42 Å². The molecule has 1 aromatic rings. The Kier molecular flexibility index (Phi) is 3.61. The Bertz CT molecular complexity index is 579. The maximum absolute atomic E-state index is 12.4. The Morgan fingerprint density at radius 2 is 2.39 bits per heavy atom. The van der Waals surface area contributed by atoms with Crippen molar-refractivity contribution in [3.8, 4) is 6.07 Å². The quantitative estimate of drug-likeness (QED) is 0.810. The van der Waals surface area contributed by atoms with Crippen LogP contribution < -0.4 is 5.32 Å². The number of hydrogen-bond acceptors (Lipinski definition) is 5. The highest BCUT2D eigenvalue weighted by Gasteiger charge is 2.30. The molecule has 96 valence electrons. The molecule has 0 aliphatic carbocycles. The van der Waals surface area contributed by atoms with Gasteiger partial charge in [0.1, 0.15) is 11.0 Å². The van der Waals surface area contributed by atoms with Crippen molar-refractivity contribution in [3.05, 3.63) is 24.0 Å². The topological polar surface area (TPSA) is 86.1 Å². The molecule has 0 unspecified atom stereocenters. The normalized spacial score (nSPS) is 21.4. The molecule has 0 amide bonds. The van der Waals surface area contributed by atoms with Crippen LogP contribution in [0.25, 0.3) is 0 Å². The average molecular weight is 266 g/mol. The molecule has 0 aromatic carbocycles. The van der Waals surface area contributed by atoms with Gasteiger partial charge in [-0.2, -0.15) is 9.57 Å². The Balaban J connectivity index is 2.39. The van der Waals surface area contributed by atoms with E-state index in [1.165, 1.54) is 22.6 Å². The smallest absolute Gasteiger partial charge is 0.246 e. The Labute approximate surface area is 106 Å². The Hall–Kier alpha value is -1.49. The number of aromatic nitrogens is 1. The minimum atomic E-state index is -3.63. The van der Waals surface area contributed by atoms with Crippen molar-refractivity contribution in [3.63, 3.8) is 0 Å². The zero-order chi connectivity index (χ0) is 13.2. The maximum Gasteiger partial charge on any atom is 0.246 e. The molecular weight excluding hydrogens is 252 g/mol. The van der Waals surface area contributed by atoms with E-state index < -0.39 is 10.0 Å². The van der Waals surface area contributed by atoms with E-state index in [2.05, 4.69) is 10.3 Å². The van der Waals surface area contributed by atoms with E-state index in [1.807, 2.05) is 13.0 Å². The second-order valence-corrected chi connectivity index (χ2v) is 6.09. The summed E-state index contributed by atoms with van der Waals surface area (Å²) in [6.07, 6.45) is 1.41. The van der Waals surface area contributed by atoms with Gasteiger partial charge < -0.3 is 5.32 Å². The van der Waals surface area contributed by atoms with Gasteiger partial charge in [0.05, 0.1) is 0 Å². The van der Waals surface area contributed by atoms with E-state index in [0.29, 0.717) is 19.6 Å². The molecule has 1 N–H and O–H groups in total. The molecule has 1 aliphatic rings. The van der Waals surface area contributed by atoms with Crippen molar-refractivity contribution in [1.29, 1.82) is 5.26 Å². The second-order valence-electron chi connectivity index (χ2n) is 4.18. The fraction of sp³-hybridized carbons (Fsp3) is 0.455. The minimum absolute atomic E-state index is 0.0124. The third-order valence-corrected chi connectivity index (χ3v) is 4.72. The molecule has 0 radical (unpaired) electrons. The predicted octanol–water partition coefficient (Wildman–Crippen LogP) is -0.0643.